The lowest BCUT2D eigenvalue weighted by Crippen LogP contribution is -2.22. The third-order valence-electron chi connectivity index (χ3n) is 6.25. The molecule has 0 N–H and O–H groups in total. The van der Waals surface area contributed by atoms with Crippen LogP contribution in [-0.4, -0.2) is 12.7 Å². The summed E-state index contributed by atoms with van der Waals surface area (Å²) in [4.78, 5) is 0. The summed E-state index contributed by atoms with van der Waals surface area (Å²) in [6, 6.07) is 17.0. The van der Waals surface area contributed by atoms with E-state index < -0.39 is 0 Å². The van der Waals surface area contributed by atoms with Crippen molar-refractivity contribution in [1.82, 2.24) is 0 Å². The Kier molecular flexibility index (Phi) is 9.20. The molecular formula is C29H35NO. The van der Waals surface area contributed by atoms with Gasteiger partial charge in [-0.25, -0.2) is 0 Å². The fourth-order valence-corrected chi connectivity index (χ4v) is 4.40. The number of hydrogen-bond acceptors (Lipinski definition) is 2. The topological polar surface area (TPSA) is 33.0 Å². The quantitative estimate of drug-likeness (QED) is 0.444. The minimum Gasteiger partial charge on any atom is -0.378 e. The van der Waals surface area contributed by atoms with Gasteiger partial charge in [0.25, 0.3) is 0 Å². The molecule has 2 aromatic carbocycles. The van der Waals surface area contributed by atoms with Crippen LogP contribution in [0.1, 0.15) is 86.6 Å². The molecule has 1 saturated carbocycles. The molecule has 0 atom stereocenters. The monoisotopic (exact) mass is 413 g/mol. The fraction of sp³-hybridized carbons (Fsp3) is 0.483. The molecule has 0 bridgehead atoms. The first kappa shape index (κ1) is 23.1. The zero-order valence-electron chi connectivity index (χ0n) is 19.1. The van der Waals surface area contributed by atoms with Crippen LogP contribution in [0.15, 0.2) is 42.5 Å². The van der Waals surface area contributed by atoms with Crippen LogP contribution in [0, 0.1) is 29.1 Å². The average molecular weight is 414 g/mol. The Hall–Kier alpha value is -2.55. The van der Waals surface area contributed by atoms with Gasteiger partial charge >= 0.3 is 0 Å². The van der Waals surface area contributed by atoms with Crippen LogP contribution in [0.4, 0.5) is 0 Å². The van der Waals surface area contributed by atoms with Crippen molar-refractivity contribution in [2.75, 3.05) is 6.61 Å². The molecule has 2 aromatic rings. The van der Waals surface area contributed by atoms with E-state index in [0.29, 0.717) is 6.10 Å². The van der Waals surface area contributed by atoms with E-state index >= 15 is 0 Å². The Labute approximate surface area is 188 Å². The first-order valence-electron chi connectivity index (χ1n) is 12.0. The minimum atomic E-state index is 0.464. The molecule has 2 heteroatoms. The molecule has 31 heavy (non-hydrogen) atoms. The molecular weight excluding hydrogens is 378 g/mol. The number of hydrogen-bond donors (Lipinski definition) is 0. The van der Waals surface area contributed by atoms with Gasteiger partial charge in [0.15, 0.2) is 0 Å². The lowest BCUT2D eigenvalue weighted by molar-refractivity contribution is 0.0177. The molecule has 1 aliphatic rings. The van der Waals surface area contributed by atoms with Crippen LogP contribution in [0.2, 0.25) is 0 Å². The molecule has 1 fully saturated rings. The maximum Gasteiger partial charge on any atom is 0.0994 e. The molecule has 0 heterocycles. The van der Waals surface area contributed by atoms with Gasteiger partial charge in [0.2, 0.25) is 0 Å². The van der Waals surface area contributed by atoms with Crippen molar-refractivity contribution >= 4 is 0 Å². The summed E-state index contributed by atoms with van der Waals surface area (Å²) in [6.45, 7) is 5.25. The fourth-order valence-electron chi connectivity index (χ4n) is 4.40. The van der Waals surface area contributed by atoms with Gasteiger partial charge in [-0.1, -0.05) is 50.3 Å². The Bertz CT molecular complexity index is 918. The zero-order valence-corrected chi connectivity index (χ0v) is 19.1. The van der Waals surface area contributed by atoms with Crippen molar-refractivity contribution in [2.45, 2.75) is 77.7 Å². The van der Waals surface area contributed by atoms with Gasteiger partial charge in [-0.3, -0.25) is 0 Å². The van der Waals surface area contributed by atoms with E-state index in [-0.39, 0.29) is 0 Å². The molecule has 0 saturated heterocycles. The maximum absolute atomic E-state index is 9.65. The highest BCUT2D eigenvalue weighted by atomic mass is 16.5. The Morgan fingerprint density at radius 2 is 1.58 bits per heavy atom. The van der Waals surface area contributed by atoms with Gasteiger partial charge in [0, 0.05) is 17.7 Å². The Morgan fingerprint density at radius 3 is 2.26 bits per heavy atom. The normalized spacial score (nSPS) is 18.1. The largest absolute Gasteiger partial charge is 0.378 e. The first-order valence-corrected chi connectivity index (χ1v) is 12.0. The summed E-state index contributed by atoms with van der Waals surface area (Å²) in [5.41, 5.74) is 5.20. The van der Waals surface area contributed by atoms with Gasteiger partial charge in [-0.15, -0.1) is 0 Å². The van der Waals surface area contributed by atoms with Crippen LogP contribution in [0.5, 0.6) is 0 Å². The van der Waals surface area contributed by atoms with Crippen LogP contribution in [-0.2, 0) is 17.6 Å². The van der Waals surface area contributed by atoms with E-state index in [1.165, 1.54) is 31.2 Å². The smallest absolute Gasteiger partial charge is 0.0994 e. The number of aryl methyl sites for hydroxylation is 2. The number of nitriles is 1. The second kappa shape index (κ2) is 12.3. The van der Waals surface area contributed by atoms with E-state index in [4.69, 9.17) is 4.74 Å². The van der Waals surface area contributed by atoms with Crippen LogP contribution in [0.25, 0.3) is 0 Å². The summed E-state index contributed by atoms with van der Waals surface area (Å²) >= 11 is 0. The predicted octanol–water partition coefficient (Wildman–Crippen LogP) is 6.83. The van der Waals surface area contributed by atoms with E-state index in [1.807, 2.05) is 6.07 Å². The second-order valence-electron chi connectivity index (χ2n) is 8.73. The highest BCUT2D eigenvalue weighted by Gasteiger charge is 2.21. The molecule has 0 aliphatic heterocycles. The van der Waals surface area contributed by atoms with E-state index in [0.717, 1.165) is 66.9 Å². The third kappa shape index (κ3) is 7.27. The molecule has 3 rings (SSSR count). The highest BCUT2D eigenvalue weighted by molar-refractivity contribution is 5.49. The van der Waals surface area contributed by atoms with Crippen molar-refractivity contribution in [2.24, 2.45) is 5.92 Å². The lowest BCUT2D eigenvalue weighted by Gasteiger charge is -2.28. The van der Waals surface area contributed by atoms with Crippen molar-refractivity contribution in [1.29, 1.82) is 5.26 Å². The van der Waals surface area contributed by atoms with E-state index in [9.17, 15) is 5.26 Å². The van der Waals surface area contributed by atoms with Crippen molar-refractivity contribution in [3.63, 3.8) is 0 Å². The summed E-state index contributed by atoms with van der Waals surface area (Å²) in [5.74, 6) is 7.21. The highest BCUT2D eigenvalue weighted by Crippen LogP contribution is 2.30. The first-order chi connectivity index (χ1) is 15.2. The zero-order chi connectivity index (χ0) is 21.9. The molecule has 2 nitrogen and oxygen atoms in total. The molecule has 162 valence electrons. The van der Waals surface area contributed by atoms with Crippen molar-refractivity contribution < 1.29 is 4.74 Å². The van der Waals surface area contributed by atoms with E-state index in [1.54, 1.807) is 0 Å². The van der Waals surface area contributed by atoms with Gasteiger partial charge in [0.1, 0.15) is 0 Å². The van der Waals surface area contributed by atoms with Gasteiger partial charge < -0.3 is 4.74 Å². The average Bonchev–Trinajstić information content (AvgIpc) is 2.82. The number of nitrogens with zero attached hydrogens (tertiary/aromatic N) is 1. The Balaban J connectivity index is 1.55. The lowest BCUT2D eigenvalue weighted by atomic mass is 9.83. The summed E-state index contributed by atoms with van der Waals surface area (Å²) in [6.07, 6.45) is 10.8. The van der Waals surface area contributed by atoms with Crippen molar-refractivity contribution in [3.8, 4) is 17.9 Å². The molecule has 1 aliphatic carbocycles. The van der Waals surface area contributed by atoms with Crippen LogP contribution < -0.4 is 0 Å². The molecule has 0 spiro atoms. The number of benzene rings is 2. The summed E-state index contributed by atoms with van der Waals surface area (Å²) in [5, 5.41) is 9.65. The molecule has 0 aromatic heterocycles. The van der Waals surface area contributed by atoms with Crippen LogP contribution >= 0.6 is 0 Å². The summed E-state index contributed by atoms with van der Waals surface area (Å²) < 4.78 is 5.91. The standard InChI is InChI=1S/C29H35NO/c1-3-5-23-6-8-24(9-7-23)10-11-26-13-17-27(28(21-26)22-30)16-12-25-14-18-29(19-15-25)31-20-4-2/h6-9,13,17,21,25,29H,3-5,12,14-16,18-20H2,1-2H3. The van der Waals surface area contributed by atoms with Gasteiger partial charge in [0.05, 0.1) is 17.7 Å². The summed E-state index contributed by atoms with van der Waals surface area (Å²) in [7, 11) is 0. The number of ether oxygens (including phenoxy) is 1. The number of rotatable bonds is 8. The molecule has 0 amide bonds. The minimum absolute atomic E-state index is 0.464. The van der Waals surface area contributed by atoms with Crippen molar-refractivity contribution in [3.05, 3.63) is 70.3 Å². The maximum atomic E-state index is 9.65. The molecule has 0 radical (unpaired) electrons. The third-order valence-corrected chi connectivity index (χ3v) is 6.25. The SMILES string of the molecule is CCCOC1CCC(CCc2ccc(C#Cc3ccc(CCC)cc3)cc2C#N)CC1. The van der Waals surface area contributed by atoms with Gasteiger partial charge in [-0.2, -0.15) is 5.26 Å². The molecule has 0 unspecified atom stereocenters. The van der Waals surface area contributed by atoms with Gasteiger partial charge in [-0.05, 0) is 92.7 Å². The van der Waals surface area contributed by atoms with Crippen LogP contribution in [0.3, 0.4) is 0 Å². The predicted molar refractivity (Wildman–Crippen MR) is 128 cm³/mol. The Morgan fingerprint density at radius 1 is 0.871 bits per heavy atom. The second-order valence-corrected chi connectivity index (χ2v) is 8.73. The van der Waals surface area contributed by atoms with E-state index in [2.05, 4.69) is 68.2 Å².